The highest BCUT2D eigenvalue weighted by Gasteiger charge is 2.16. The number of hydrogen-bond acceptors (Lipinski definition) is 5. The van der Waals surface area contributed by atoms with Gasteiger partial charge >= 0.3 is 5.97 Å². The van der Waals surface area contributed by atoms with Gasteiger partial charge in [-0.05, 0) is 56.6 Å². The van der Waals surface area contributed by atoms with Gasteiger partial charge in [-0.3, -0.25) is 0 Å². The lowest BCUT2D eigenvalue weighted by molar-refractivity contribution is 0.0701. The van der Waals surface area contributed by atoms with Gasteiger partial charge in [-0.1, -0.05) is 11.3 Å². The third-order valence-electron chi connectivity index (χ3n) is 1.93. The summed E-state index contributed by atoms with van der Waals surface area (Å²) in [7, 11) is 0. The minimum absolute atomic E-state index is 0.269. The topological polar surface area (TPSA) is 63.1 Å². The summed E-state index contributed by atoms with van der Waals surface area (Å²) >= 11 is 9.23. The SMILES string of the molecule is Cc1nc(Sc2ncc(Br)cc2Br)sc1C(=O)O. The summed E-state index contributed by atoms with van der Waals surface area (Å²) in [5, 5.41) is 9.72. The monoisotopic (exact) mass is 408 g/mol. The summed E-state index contributed by atoms with van der Waals surface area (Å²) in [4.78, 5) is 19.7. The van der Waals surface area contributed by atoms with Crippen LogP contribution in [0.3, 0.4) is 0 Å². The lowest BCUT2D eigenvalue weighted by Crippen LogP contribution is -1.94. The molecule has 0 saturated heterocycles. The van der Waals surface area contributed by atoms with Crippen LogP contribution in [-0.4, -0.2) is 21.0 Å². The van der Waals surface area contributed by atoms with Crippen LogP contribution in [0.2, 0.25) is 0 Å². The molecule has 2 heterocycles. The summed E-state index contributed by atoms with van der Waals surface area (Å²) in [5.74, 6) is -0.945. The molecule has 2 rings (SSSR count). The molecule has 0 aliphatic heterocycles. The van der Waals surface area contributed by atoms with E-state index in [0.29, 0.717) is 10.0 Å². The van der Waals surface area contributed by atoms with Crippen molar-refractivity contribution in [3.63, 3.8) is 0 Å². The Morgan fingerprint density at radius 3 is 2.78 bits per heavy atom. The molecule has 1 N–H and O–H groups in total. The number of aromatic carboxylic acids is 1. The third-order valence-corrected chi connectivity index (χ3v) is 5.45. The molecule has 0 aromatic carbocycles. The molecular weight excluding hydrogens is 404 g/mol. The third kappa shape index (κ3) is 3.11. The van der Waals surface area contributed by atoms with Gasteiger partial charge in [0.25, 0.3) is 0 Å². The Balaban J connectivity index is 2.29. The highest BCUT2D eigenvalue weighted by atomic mass is 79.9. The fraction of sp³-hybridized carbons (Fsp3) is 0.100. The molecule has 0 amide bonds. The Labute approximate surface area is 128 Å². The molecule has 2 aromatic heterocycles. The lowest BCUT2D eigenvalue weighted by atomic mass is 10.4. The van der Waals surface area contributed by atoms with Crippen molar-refractivity contribution in [1.29, 1.82) is 0 Å². The second kappa shape index (κ2) is 5.68. The zero-order valence-electron chi connectivity index (χ0n) is 8.98. The first kappa shape index (κ1) is 14.0. The number of halogens is 2. The van der Waals surface area contributed by atoms with E-state index in [0.717, 1.165) is 25.3 Å². The summed E-state index contributed by atoms with van der Waals surface area (Å²) in [6.07, 6.45) is 1.69. The van der Waals surface area contributed by atoms with Crippen molar-refractivity contribution in [2.45, 2.75) is 16.3 Å². The second-order valence-corrected chi connectivity index (χ2v) is 7.25. The number of nitrogens with zero attached hydrogens (tertiary/aromatic N) is 2. The van der Waals surface area contributed by atoms with Crippen LogP contribution in [0.15, 0.2) is 30.6 Å². The molecule has 0 saturated carbocycles. The maximum atomic E-state index is 10.9. The van der Waals surface area contributed by atoms with Gasteiger partial charge in [0, 0.05) is 10.7 Å². The zero-order valence-corrected chi connectivity index (χ0v) is 13.8. The Hall–Kier alpha value is -0.440. The molecular formula is C10H6Br2N2O2S2. The van der Waals surface area contributed by atoms with Crippen LogP contribution in [0.4, 0.5) is 0 Å². The van der Waals surface area contributed by atoms with Crippen LogP contribution in [0, 0.1) is 6.92 Å². The fourth-order valence-electron chi connectivity index (χ4n) is 1.17. The molecule has 0 aliphatic carbocycles. The Morgan fingerprint density at radius 1 is 1.50 bits per heavy atom. The first-order chi connectivity index (χ1) is 8.47. The summed E-state index contributed by atoms with van der Waals surface area (Å²) in [6, 6.07) is 1.88. The number of aryl methyl sites for hydroxylation is 1. The van der Waals surface area contributed by atoms with E-state index in [2.05, 4.69) is 41.8 Å². The predicted octanol–water partition coefficient (Wildman–Crippen LogP) is 4.22. The first-order valence-electron chi connectivity index (χ1n) is 4.67. The highest BCUT2D eigenvalue weighted by Crippen LogP contribution is 2.36. The van der Waals surface area contributed by atoms with Crippen molar-refractivity contribution in [3.05, 3.63) is 31.8 Å². The number of thiazole rings is 1. The molecule has 8 heteroatoms. The van der Waals surface area contributed by atoms with E-state index in [4.69, 9.17) is 5.11 Å². The van der Waals surface area contributed by atoms with Crippen LogP contribution in [0.5, 0.6) is 0 Å². The lowest BCUT2D eigenvalue weighted by Gasteiger charge is -2.00. The fourth-order valence-corrected chi connectivity index (χ4v) is 4.31. The molecule has 0 spiro atoms. The number of rotatable bonds is 3. The van der Waals surface area contributed by atoms with Crippen LogP contribution in [0.1, 0.15) is 15.4 Å². The minimum atomic E-state index is -0.945. The molecule has 0 atom stereocenters. The average molecular weight is 410 g/mol. The summed E-state index contributed by atoms with van der Waals surface area (Å²) < 4.78 is 2.38. The van der Waals surface area contributed by atoms with E-state index in [1.807, 2.05) is 6.07 Å². The Bertz CT molecular complexity index is 616. The summed E-state index contributed by atoms with van der Waals surface area (Å²) in [6.45, 7) is 1.69. The molecule has 0 radical (unpaired) electrons. The molecule has 4 nitrogen and oxygen atoms in total. The second-order valence-electron chi connectivity index (χ2n) is 3.24. The van der Waals surface area contributed by atoms with Gasteiger partial charge in [0.05, 0.1) is 10.2 Å². The number of hydrogen-bond donors (Lipinski definition) is 1. The number of carboxylic acids is 1. The normalized spacial score (nSPS) is 10.6. The molecule has 18 heavy (non-hydrogen) atoms. The summed E-state index contributed by atoms with van der Waals surface area (Å²) in [5.41, 5.74) is 0.531. The molecule has 0 unspecified atom stereocenters. The van der Waals surface area contributed by atoms with E-state index >= 15 is 0 Å². The molecule has 2 aromatic rings. The van der Waals surface area contributed by atoms with Crippen LogP contribution >= 0.6 is 55.0 Å². The van der Waals surface area contributed by atoms with Crippen molar-refractivity contribution in [3.8, 4) is 0 Å². The van der Waals surface area contributed by atoms with Crippen LogP contribution < -0.4 is 0 Å². The van der Waals surface area contributed by atoms with Crippen molar-refractivity contribution in [2.24, 2.45) is 0 Å². The van der Waals surface area contributed by atoms with Gasteiger partial charge in [0.2, 0.25) is 0 Å². The van der Waals surface area contributed by atoms with Crippen molar-refractivity contribution < 1.29 is 9.90 Å². The van der Waals surface area contributed by atoms with Gasteiger partial charge in [-0.25, -0.2) is 14.8 Å². The van der Waals surface area contributed by atoms with E-state index in [1.54, 1.807) is 13.1 Å². The van der Waals surface area contributed by atoms with Gasteiger partial charge in [0.1, 0.15) is 9.90 Å². The maximum Gasteiger partial charge on any atom is 0.347 e. The van der Waals surface area contributed by atoms with Crippen molar-refractivity contribution in [1.82, 2.24) is 9.97 Å². The van der Waals surface area contributed by atoms with Gasteiger partial charge in [-0.2, -0.15) is 0 Å². The van der Waals surface area contributed by atoms with Crippen LogP contribution in [-0.2, 0) is 0 Å². The standard InChI is InChI=1S/C10H6Br2N2O2S2/c1-4-7(9(15)16)17-10(14-4)18-8-6(12)2-5(11)3-13-8/h2-3H,1H3,(H,15,16). The number of pyridine rings is 1. The quantitative estimate of drug-likeness (QED) is 0.821. The Morgan fingerprint density at radius 2 is 2.22 bits per heavy atom. The Kier molecular flexibility index (Phi) is 4.41. The van der Waals surface area contributed by atoms with E-state index in [9.17, 15) is 4.79 Å². The van der Waals surface area contributed by atoms with Crippen molar-refractivity contribution >= 4 is 60.9 Å². The number of carbonyl (C=O) groups is 1. The molecule has 0 fully saturated rings. The predicted molar refractivity (Wildman–Crippen MR) is 77.6 cm³/mol. The highest BCUT2D eigenvalue weighted by molar-refractivity contribution is 9.11. The molecule has 0 bridgehead atoms. The molecule has 94 valence electrons. The van der Waals surface area contributed by atoms with Gasteiger partial charge in [0.15, 0.2) is 4.34 Å². The average Bonchev–Trinajstić information content (AvgIpc) is 2.64. The van der Waals surface area contributed by atoms with E-state index < -0.39 is 5.97 Å². The van der Waals surface area contributed by atoms with E-state index in [-0.39, 0.29) is 4.88 Å². The molecule has 0 aliphatic rings. The number of carboxylic acid groups (broad SMARTS) is 1. The van der Waals surface area contributed by atoms with Crippen molar-refractivity contribution in [2.75, 3.05) is 0 Å². The number of aromatic nitrogens is 2. The first-order valence-corrected chi connectivity index (χ1v) is 7.89. The van der Waals surface area contributed by atoms with E-state index in [1.165, 1.54) is 11.8 Å². The van der Waals surface area contributed by atoms with Gasteiger partial charge in [-0.15, -0.1) is 0 Å². The largest absolute Gasteiger partial charge is 0.477 e. The maximum absolute atomic E-state index is 10.9. The minimum Gasteiger partial charge on any atom is -0.477 e. The van der Waals surface area contributed by atoms with Gasteiger partial charge < -0.3 is 5.11 Å². The smallest absolute Gasteiger partial charge is 0.347 e. The van der Waals surface area contributed by atoms with Crippen LogP contribution in [0.25, 0.3) is 0 Å². The zero-order chi connectivity index (χ0) is 13.3.